The first-order valence-corrected chi connectivity index (χ1v) is 8.79. The minimum Gasteiger partial charge on any atom is -0.351 e. The first kappa shape index (κ1) is 17.5. The topological polar surface area (TPSA) is 29.1 Å². The molecule has 2 nitrogen and oxygen atoms in total. The van der Waals surface area contributed by atoms with Gasteiger partial charge in [-0.3, -0.25) is 4.79 Å². The van der Waals surface area contributed by atoms with E-state index in [4.69, 9.17) is 0 Å². The van der Waals surface area contributed by atoms with E-state index < -0.39 is 0 Å². The Balaban J connectivity index is 1.93. The van der Waals surface area contributed by atoms with Crippen molar-refractivity contribution < 1.29 is 9.18 Å². The van der Waals surface area contributed by atoms with Crippen molar-refractivity contribution in [2.75, 3.05) is 6.26 Å². The minimum absolute atomic E-state index is 0.00554. The maximum absolute atomic E-state index is 13.0. The molecule has 2 aromatic carbocycles. The van der Waals surface area contributed by atoms with Crippen LogP contribution in [0.3, 0.4) is 0 Å². The van der Waals surface area contributed by atoms with Gasteiger partial charge in [0.1, 0.15) is 5.82 Å². The summed E-state index contributed by atoms with van der Waals surface area (Å²) in [6.45, 7) is 3.95. The normalized spacial score (nSPS) is 11.3. The van der Waals surface area contributed by atoms with Crippen LogP contribution < -0.4 is 5.32 Å². The molecule has 0 atom stereocenters. The third-order valence-corrected chi connectivity index (χ3v) is 4.30. The molecule has 0 saturated carbocycles. The molecule has 2 rings (SSSR count). The van der Waals surface area contributed by atoms with Gasteiger partial charge in [0, 0.05) is 10.4 Å². The van der Waals surface area contributed by atoms with Gasteiger partial charge in [-0.2, -0.15) is 0 Å². The Morgan fingerprint density at radius 1 is 1.04 bits per heavy atom. The fourth-order valence-electron chi connectivity index (χ4n) is 2.51. The number of rotatable bonds is 6. The van der Waals surface area contributed by atoms with Crippen LogP contribution in [0.25, 0.3) is 0 Å². The zero-order chi connectivity index (χ0) is 16.9. The smallest absolute Gasteiger partial charge is 0.224 e. The third-order valence-electron chi connectivity index (χ3n) is 3.56. The quantitative estimate of drug-likeness (QED) is 0.803. The van der Waals surface area contributed by atoms with Gasteiger partial charge < -0.3 is 5.32 Å². The Bertz CT molecular complexity index is 650. The maximum Gasteiger partial charge on any atom is 0.224 e. The van der Waals surface area contributed by atoms with E-state index in [9.17, 15) is 9.18 Å². The van der Waals surface area contributed by atoms with E-state index >= 15 is 0 Å². The number of carbonyl (C=O) groups is 1. The Morgan fingerprint density at radius 2 is 1.61 bits per heavy atom. The van der Waals surface area contributed by atoms with Crippen molar-refractivity contribution in [2.45, 2.75) is 37.1 Å². The van der Waals surface area contributed by atoms with Gasteiger partial charge in [0.2, 0.25) is 5.91 Å². The highest BCUT2D eigenvalue weighted by molar-refractivity contribution is 7.98. The van der Waals surface area contributed by atoms with Crippen molar-refractivity contribution in [1.29, 1.82) is 0 Å². The first-order valence-electron chi connectivity index (χ1n) is 7.56. The van der Waals surface area contributed by atoms with E-state index in [0.29, 0.717) is 12.8 Å². The van der Waals surface area contributed by atoms with Crippen LogP contribution in [-0.4, -0.2) is 17.7 Å². The molecule has 0 aromatic heterocycles. The molecule has 0 spiro atoms. The summed E-state index contributed by atoms with van der Waals surface area (Å²) in [7, 11) is 0. The van der Waals surface area contributed by atoms with Gasteiger partial charge in [-0.05, 0) is 61.9 Å². The summed E-state index contributed by atoms with van der Waals surface area (Å²) < 4.78 is 13.0. The molecule has 0 saturated heterocycles. The van der Waals surface area contributed by atoms with Crippen molar-refractivity contribution in [3.63, 3.8) is 0 Å². The minimum atomic E-state index is -0.381. The Morgan fingerprint density at radius 3 is 2.17 bits per heavy atom. The van der Waals surface area contributed by atoms with Crippen LogP contribution in [0.1, 0.15) is 25.0 Å². The van der Waals surface area contributed by atoms with Gasteiger partial charge in [-0.1, -0.05) is 24.3 Å². The molecule has 4 heteroatoms. The summed E-state index contributed by atoms with van der Waals surface area (Å²) >= 11 is 1.68. The molecule has 0 fully saturated rings. The highest BCUT2D eigenvalue weighted by Crippen LogP contribution is 2.16. The molecule has 0 aliphatic carbocycles. The Kier molecular flexibility index (Phi) is 5.83. The molecule has 1 N–H and O–H groups in total. The number of thioether (sulfide) groups is 1. The highest BCUT2D eigenvalue weighted by Gasteiger charge is 2.21. The second-order valence-electron chi connectivity index (χ2n) is 6.26. The van der Waals surface area contributed by atoms with Crippen molar-refractivity contribution in [2.24, 2.45) is 0 Å². The highest BCUT2D eigenvalue weighted by atomic mass is 32.2. The first-order chi connectivity index (χ1) is 10.9. The summed E-state index contributed by atoms with van der Waals surface area (Å²) in [5.41, 5.74) is 1.62. The van der Waals surface area contributed by atoms with E-state index in [-0.39, 0.29) is 17.3 Å². The second-order valence-corrected chi connectivity index (χ2v) is 7.14. The molecular formula is C19H22FNOS. The molecule has 122 valence electrons. The molecule has 0 aliphatic rings. The van der Waals surface area contributed by atoms with Crippen LogP contribution in [0.2, 0.25) is 0 Å². The zero-order valence-corrected chi connectivity index (χ0v) is 14.5. The number of amides is 1. The average molecular weight is 331 g/mol. The van der Waals surface area contributed by atoms with Gasteiger partial charge >= 0.3 is 0 Å². The lowest BCUT2D eigenvalue weighted by Crippen LogP contribution is -2.45. The Labute approximate surface area is 141 Å². The number of carbonyl (C=O) groups excluding carboxylic acids is 1. The van der Waals surface area contributed by atoms with E-state index in [1.165, 1.54) is 17.0 Å². The third kappa shape index (κ3) is 5.71. The number of hydrogen-bond donors (Lipinski definition) is 1. The van der Waals surface area contributed by atoms with Crippen molar-refractivity contribution >= 4 is 17.7 Å². The van der Waals surface area contributed by atoms with Crippen LogP contribution in [0, 0.1) is 5.82 Å². The molecule has 0 aliphatic heterocycles. The zero-order valence-electron chi connectivity index (χ0n) is 13.7. The molecular weight excluding hydrogens is 309 g/mol. The van der Waals surface area contributed by atoms with Gasteiger partial charge in [-0.25, -0.2) is 4.39 Å². The summed E-state index contributed by atoms with van der Waals surface area (Å²) in [4.78, 5) is 13.4. The monoisotopic (exact) mass is 331 g/mol. The number of benzene rings is 2. The Hall–Kier alpha value is -1.81. The second kappa shape index (κ2) is 7.64. The maximum atomic E-state index is 13.0. The molecule has 23 heavy (non-hydrogen) atoms. The van der Waals surface area contributed by atoms with E-state index in [1.807, 2.05) is 44.4 Å². The lowest BCUT2D eigenvalue weighted by atomic mass is 9.94. The SMILES string of the molecule is CSc1ccc(CC(=O)NC(C)(C)Cc2ccc(F)cc2)cc1. The van der Waals surface area contributed by atoms with Crippen LogP contribution in [0.5, 0.6) is 0 Å². The van der Waals surface area contributed by atoms with Gasteiger partial charge in [-0.15, -0.1) is 11.8 Å². The molecule has 0 radical (unpaired) electrons. The van der Waals surface area contributed by atoms with Crippen molar-refractivity contribution in [1.82, 2.24) is 5.32 Å². The predicted octanol–water partition coefficient (Wildman–Crippen LogP) is 4.23. The van der Waals surface area contributed by atoms with Crippen LogP contribution in [-0.2, 0) is 17.6 Å². The van der Waals surface area contributed by atoms with Gasteiger partial charge in [0.05, 0.1) is 6.42 Å². The fraction of sp³-hybridized carbons (Fsp3) is 0.316. The number of halogens is 1. The van der Waals surface area contributed by atoms with E-state index in [1.54, 1.807) is 23.9 Å². The van der Waals surface area contributed by atoms with Crippen LogP contribution in [0.4, 0.5) is 4.39 Å². The summed E-state index contributed by atoms with van der Waals surface area (Å²) in [5.74, 6) is -0.252. The summed E-state index contributed by atoms with van der Waals surface area (Å²) in [5, 5.41) is 3.06. The van der Waals surface area contributed by atoms with Crippen molar-refractivity contribution in [3.05, 3.63) is 65.5 Å². The number of hydrogen-bond acceptors (Lipinski definition) is 2. The average Bonchev–Trinajstić information content (AvgIpc) is 2.49. The summed E-state index contributed by atoms with van der Waals surface area (Å²) in [6, 6.07) is 14.4. The molecule has 2 aromatic rings. The fourth-order valence-corrected chi connectivity index (χ4v) is 2.92. The van der Waals surface area contributed by atoms with E-state index in [2.05, 4.69) is 5.32 Å². The van der Waals surface area contributed by atoms with E-state index in [0.717, 1.165) is 11.1 Å². The van der Waals surface area contributed by atoms with Crippen molar-refractivity contribution in [3.8, 4) is 0 Å². The van der Waals surface area contributed by atoms with Gasteiger partial charge in [0.15, 0.2) is 0 Å². The lowest BCUT2D eigenvalue weighted by molar-refractivity contribution is -0.122. The molecule has 1 amide bonds. The van der Waals surface area contributed by atoms with Gasteiger partial charge in [0.25, 0.3) is 0 Å². The molecule has 0 heterocycles. The lowest BCUT2D eigenvalue weighted by Gasteiger charge is -2.26. The largest absolute Gasteiger partial charge is 0.351 e. The van der Waals surface area contributed by atoms with Crippen LogP contribution >= 0.6 is 11.8 Å². The van der Waals surface area contributed by atoms with Crippen LogP contribution in [0.15, 0.2) is 53.4 Å². The standard InChI is InChI=1S/C19H22FNOS/c1-19(2,13-15-4-8-16(20)9-5-15)21-18(22)12-14-6-10-17(23-3)11-7-14/h4-11H,12-13H2,1-3H3,(H,21,22). The number of nitrogens with one attached hydrogen (secondary N) is 1. The molecule has 0 unspecified atom stereocenters. The predicted molar refractivity (Wildman–Crippen MR) is 94.3 cm³/mol. The molecule has 0 bridgehead atoms. The summed E-state index contributed by atoms with van der Waals surface area (Å²) in [6.07, 6.45) is 3.05.